The summed E-state index contributed by atoms with van der Waals surface area (Å²) in [6.45, 7) is 3.32. The van der Waals surface area contributed by atoms with E-state index in [2.05, 4.69) is 41.3 Å². The first kappa shape index (κ1) is 22.2. The Kier molecular flexibility index (Phi) is 5.73. The summed E-state index contributed by atoms with van der Waals surface area (Å²) in [6.07, 6.45) is 3.19. The van der Waals surface area contributed by atoms with E-state index in [-0.39, 0.29) is 5.91 Å². The van der Waals surface area contributed by atoms with Crippen molar-refractivity contribution in [2.24, 2.45) is 23.5 Å². The van der Waals surface area contributed by atoms with Crippen LogP contribution in [0.4, 0.5) is 0 Å². The predicted molar refractivity (Wildman–Crippen MR) is 135 cm³/mol. The van der Waals surface area contributed by atoms with Gasteiger partial charge in [-0.15, -0.1) is 0 Å². The fourth-order valence-electron chi connectivity index (χ4n) is 6.78. The Bertz CT molecular complexity index is 1140. The van der Waals surface area contributed by atoms with Crippen LogP contribution in [-0.4, -0.2) is 30.7 Å². The van der Waals surface area contributed by atoms with E-state index in [0.29, 0.717) is 24.5 Å². The maximum atomic E-state index is 13.3. The zero-order valence-corrected chi connectivity index (χ0v) is 19.9. The molecule has 2 heterocycles. The van der Waals surface area contributed by atoms with Gasteiger partial charge in [0.1, 0.15) is 0 Å². The summed E-state index contributed by atoms with van der Waals surface area (Å²) >= 11 is 0. The van der Waals surface area contributed by atoms with Crippen molar-refractivity contribution in [3.8, 4) is 11.5 Å². The minimum Gasteiger partial charge on any atom is -0.454 e. The lowest BCUT2D eigenvalue weighted by Crippen LogP contribution is -2.48. The summed E-state index contributed by atoms with van der Waals surface area (Å²) in [5.41, 5.74) is 8.71. The Morgan fingerprint density at radius 2 is 1.46 bits per heavy atom. The highest BCUT2D eigenvalue weighted by Crippen LogP contribution is 2.50. The van der Waals surface area contributed by atoms with Gasteiger partial charge in [0.2, 0.25) is 12.7 Å². The van der Waals surface area contributed by atoms with Crippen molar-refractivity contribution in [1.82, 2.24) is 4.90 Å². The van der Waals surface area contributed by atoms with Crippen LogP contribution in [0.1, 0.15) is 36.0 Å². The van der Waals surface area contributed by atoms with Gasteiger partial charge in [-0.05, 0) is 65.8 Å². The van der Waals surface area contributed by atoms with Gasteiger partial charge in [-0.2, -0.15) is 0 Å². The number of primary amides is 1. The summed E-state index contributed by atoms with van der Waals surface area (Å²) < 4.78 is 11.0. The van der Waals surface area contributed by atoms with Crippen molar-refractivity contribution in [2.75, 3.05) is 19.9 Å². The number of rotatable bonds is 7. The summed E-state index contributed by atoms with van der Waals surface area (Å²) in [7, 11) is 0. The third kappa shape index (κ3) is 3.98. The topological polar surface area (TPSA) is 64.8 Å². The van der Waals surface area contributed by atoms with Gasteiger partial charge in [0.05, 0.1) is 5.41 Å². The SMILES string of the molecule is NC(=O)C(CC1C2CCC1CN(Cc1ccc3c(c1)OCO3)C2)(c1ccccc1)c1ccccc1. The first-order chi connectivity index (χ1) is 17.1. The van der Waals surface area contributed by atoms with Crippen LogP contribution in [0.5, 0.6) is 11.5 Å². The molecule has 1 saturated carbocycles. The second-order valence-corrected chi connectivity index (χ2v) is 10.3. The molecule has 2 aliphatic heterocycles. The summed E-state index contributed by atoms with van der Waals surface area (Å²) in [5.74, 6) is 3.02. The Morgan fingerprint density at radius 1 is 0.857 bits per heavy atom. The normalized spacial score (nSPS) is 23.4. The van der Waals surface area contributed by atoms with E-state index >= 15 is 0 Å². The van der Waals surface area contributed by atoms with Gasteiger partial charge in [0.25, 0.3) is 0 Å². The molecule has 5 heteroatoms. The third-order valence-electron chi connectivity index (χ3n) is 8.44. The maximum Gasteiger partial charge on any atom is 0.232 e. The van der Waals surface area contributed by atoms with Crippen LogP contribution in [-0.2, 0) is 16.8 Å². The van der Waals surface area contributed by atoms with Gasteiger partial charge in [0.15, 0.2) is 11.5 Å². The van der Waals surface area contributed by atoms with E-state index in [1.165, 1.54) is 18.4 Å². The first-order valence-electron chi connectivity index (χ1n) is 12.7. The molecule has 6 rings (SSSR count). The van der Waals surface area contributed by atoms with Crippen LogP contribution >= 0.6 is 0 Å². The van der Waals surface area contributed by atoms with E-state index in [4.69, 9.17) is 15.2 Å². The lowest BCUT2D eigenvalue weighted by Gasteiger charge is -2.43. The molecule has 1 aliphatic carbocycles. The molecule has 35 heavy (non-hydrogen) atoms. The third-order valence-corrected chi connectivity index (χ3v) is 8.44. The van der Waals surface area contributed by atoms with Crippen LogP contribution in [0, 0.1) is 17.8 Å². The van der Waals surface area contributed by atoms with Gasteiger partial charge in [0, 0.05) is 19.6 Å². The monoisotopic (exact) mass is 468 g/mol. The number of nitrogens with zero attached hydrogens (tertiary/aromatic N) is 1. The lowest BCUT2D eigenvalue weighted by atomic mass is 9.65. The smallest absolute Gasteiger partial charge is 0.232 e. The molecule has 3 aromatic carbocycles. The van der Waals surface area contributed by atoms with Gasteiger partial charge in [-0.3, -0.25) is 9.69 Å². The van der Waals surface area contributed by atoms with Crippen LogP contribution in [0.25, 0.3) is 0 Å². The molecule has 3 aromatic rings. The molecular weight excluding hydrogens is 436 g/mol. The molecule has 2 N–H and O–H groups in total. The number of hydrogen-bond donors (Lipinski definition) is 1. The first-order valence-corrected chi connectivity index (χ1v) is 12.7. The van der Waals surface area contributed by atoms with Gasteiger partial charge < -0.3 is 15.2 Å². The van der Waals surface area contributed by atoms with Crippen LogP contribution < -0.4 is 15.2 Å². The molecule has 0 spiro atoms. The highest BCUT2D eigenvalue weighted by atomic mass is 16.7. The molecule has 2 atom stereocenters. The molecule has 0 aromatic heterocycles. The van der Waals surface area contributed by atoms with E-state index in [1.807, 2.05) is 42.5 Å². The van der Waals surface area contributed by atoms with E-state index < -0.39 is 5.41 Å². The molecule has 3 aliphatic rings. The molecule has 2 bridgehead atoms. The Balaban J connectivity index is 1.26. The zero-order chi connectivity index (χ0) is 23.8. The minimum atomic E-state index is -0.812. The second-order valence-electron chi connectivity index (χ2n) is 10.3. The molecule has 5 nitrogen and oxygen atoms in total. The number of carbonyl (C=O) groups excluding carboxylic acids is 1. The minimum absolute atomic E-state index is 0.253. The standard InChI is InChI=1S/C30H32N2O3/c31-29(33)30(24-7-3-1-4-8-24,25-9-5-2-6-10-25)16-26-22-12-13-23(26)19-32(18-22)17-21-11-14-27-28(15-21)35-20-34-27/h1-11,14-15,22-23,26H,12-13,16-20H2,(H2,31,33). The molecule has 2 fully saturated rings. The van der Waals surface area contributed by atoms with E-state index in [1.54, 1.807) is 0 Å². The number of benzene rings is 3. The van der Waals surface area contributed by atoms with Gasteiger partial charge in [-0.25, -0.2) is 0 Å². The van der Waals surface area contributed by atoms with Crippen LogP contribution in [0.3, 0.4) is 0 Å². The second kappa shape index (κ2) is 9.04. The largest absolute Gasteiger partial charge is 0.454 e. The van der Waals surface area contributed by atoms with Crippen molar-refractivity contribution >= 4 is 5.91 Å². The highest BCUT2D eigenvalue weighted by molar-refractivity contribution is 5.90. The summed E-state index contributed by atoms with van der Waals surface area (Å²) in [6, 6.07) is 26.6. The van der Waals surface area contributed by atoms with Crippen molar-refractivity contribution in [2.45, 2.75) is 31.2 Å². The maximum absolute atomic E-state index is 13.3. The average molecular weight is 469 g/mol. The van der Waals surface area contributed by atoms with Crippen molar-refractivity contribution in [3.63, 3.8) is 0 Å². The molecule has 1 amide bonds. The molecular formula is C30H32N2O3. The number of ether oxygens (including phenoxy) is 2. The summed E-state index contributed by atoms with van der Waals surface area (Å²) in [4.78, 5) is 15.9. The highest BCUT2D eigenvalue weighted by Gasteiger charge is 2.49. The average Bonchev–Trinajstić information content (AvgIpc) is 3.44. The van der Waals surface area contributed by atoms with Crippen LogP contribution in [0.2, 0.25) is 0 Å². The van der Waals surface area contributed by atoms with Crippen molar-refractivity contribution in [1.29, 1.82) is 0 Å². The summed E-state index contributed by atoms with van der Waals surface area (Å²) in [5, 5.41) is 0. The molecule has 180 valence electrons. The van der Waals surface area contributed by atoms with E-state index in [0.717, 1.165) is 48.7 Å². The molecule has 1 saturated heterocycles. The van der Waals surface area contributed by atoms with Crippen LogP contribution in [0.15, 0.2) is 78.9 Å². The van der Waals surface area contributed by atoms with Crippen molar-refractivity contribution < 1.29 is 14.3 Å². The fraction of sp³-hybridized carbons (Fsp3) is 0.367. The fourth-order valence-corrected chi connectivity index (χ4v) is 6.78. The number of nitrogens with two attached hydrogens (primary N) is 1. The number of amides is 1. The number of piperidine rings is 1. The Labute approximate surface area is 206 Å². The quantitative estimate of drug-likeness (QED) is 0.544. The van der Waals surface area contributed by atoms with Gasteiger partial charge >= 0.3 is 0 Å². The number of hydrogen-bond acceptors (Lipinski definition) is 4. The number of fused-ring (bicyclic) bond motifs is 3. The predicted octanol–water partition coefficient (Wildman–Crippen LogP) is 4.74. The zero-order valence-electron chi connectivity index (χ0n) is 19.9. The molecule has 0 radical (unpaired) electrons. The Hall–Kier alpha value is -3.31. The van der Waals surface area contributed by atoms with Gasteiger partial charge in [-0.1, -0.05) is 66.7 Å². The Morgan fingerprint density at radius 3 is 2.06 bits per heavy atom. The number of carbonyl (C=O) groups is 1. The molecule has 2 unspecified atom stereocenters. The lowest BCUT2D eigenvalue weighted by molar-refractivity contribution is -0.123. The van der Waals surface area contributed by atoms with Crippen molar-refractivity contribution in [3.05, 3.63) is 95.6 Å². The van der Waals surface area contributed by atoms with E-state index in [9.17, 15) is 4.79 Å². The number of likely N-dealkylation sites (tertiary alicyclic amines) is 1.